The first kappa shape index (κ1) is 20.0. The first-order valence-electron chi connectivity index (χ1n) is 9.38. The molecule has 1 saturated heterocycles. The van der Waals surface area contributed by atoms with Gasteiger partial charge >= 0.3 is 0 Å². The van der Waals surface area contributed by atoms with Crippen molar-refractivity contribution in [2.24, 2.45) is 0 Å². The first-order chi connectivity index (χ1) is 13.4. The average Bonchev–Trinajstić information content (AvgIpc) is 3.11. The Hall–Kier alpha value is -2.77. The van der Waals surface area contributed by atoms with Crippen molar-refractivity contribution in [1.29, 1.82) is 0 Å². The summed E-state index contributed by atoms with van der Waals surface area (Å²) < 4.78 is 0. The largest absolute Gasteiger partial charge is 0.392 e. The molecule has 1 aliphatic heterocycles. The molecule has 0 bridgehead atoms. The Morgan fingerprint density at radius 3 is 2.68 bits per heavy atom. The van der Waals surface area contributed by atoms with Gasteiger partial charge in [0.25, 0.3) is 5.69 Å². The number of carbonyl (C=O) groups is 1. The highest BCUT2D eigenvalue weighted by Crippen LogP contribution is 2.24. The zero-order valence-corrected chi connectivity index (χ0v) is 15.9. The molecule has 0 aromatic heterocycles. The van der Waals surface area contributed by atoms with E-state index in [0.717, 1.165) is 18.5 Å². The fraction of sp³-hybridized carbons (Fsp3) is 0.381. The lowest BCUT2D eigenvalue weighted by atomic mass is 10.0. The van der Waals surface area contributed by atoms with Crippen molar-refractivity contribution in [3.05, 3.63) is 75.8 Å². The molecule has 0 saturated carbocycles. The number of aliphatic hydroxyl groups is 1. The first-order valence-corrected chi connectivity index (χ1v) is 9.38. The van der Waals surface area contributed by atoms with Crippen molar-refractivity contribution < 1.29 is 14.8 Å². The Morgan fingerprint density at radius 2 is 2.04 bits per heavy atom. The third-order valence-electron chi connectivity index (χ3n) is 5.20. The molecule has 1 heterocycles. The number of nitrogens with zero attached hydrogens (tertiary/aromatic N) is 3. The van der Waals surface area contributed by atoms with Crippen LogP contribution in [0, 0.1) is 10.1 Å². The number of β-amino-alcohol motifs (C(OH)–C–C–N with tert-alkyl or cyclic N) is 1. The van der Waals surface area contributed by atoms with Crippen molar-refractivity contribution in [2.75, 3.05) is 26.7 Å². The van der Waals surface area contributed by atoms with Crippen LogP contribution < -0.4 is 0 Å². The van der Waals surface area contributed by atoms with Crippen LogP contribution in [-0.4, -0.2) is 58.5 Å². The van der Waals surface area contributed by atoms with Gasteiger partial charge in [-0.05, 0) is 17.5 Å². The SMILES string of the molecule is CN(C(=O)Cc1cccc([N+](=O)[O-])c1)C(CN1CC[C@H](O)C1)c1ccccc1. The number of non-ortho nitro benzene ring substituents is 1. The minimum absolute atomic E-state index is 0.0152. The predicted molar refractivity (Wildman–Crippen MR) is 106 cm³/mol. The summed E-state index contributed by atoms with van der Waals surface area (Å²) in [7, 11) is 1.77. The zero-order chi connectivity index (χ0) is 20.1. The fourth-order valence-corrected chi connectivity index (χ4v) is 3.60. The van der Waals surface area contributed by atoms with E-state index in [1.807, 2.05) is 30.3 Å². The Balaban J connectivity index is 1.76. The molecule has 2 aromatic rings. The topological polar surface area (TPSA) is 86.9 Å². The molecule has 2 aromatic carbocycles. The second kappa shape index (κ2) is 8.95. The molecule has 28 heavy (non-hydrogen) atoms. The summed E-state index contributed by atoms with van der Waals surface area (Å²) in [6, 6.07) is 15.9. The van der Waals surface area contributed by atoms with Gasteiger partial charge in [-0.3, -0.25) is 19.8 Å². The minimum Gasteiger partial charge on any atom is -0.392 e. The van der Waals surface area contributed by atoms with Gasteiger partial charge in [0.2, 0.25) is 5.91 Å². The number of hydrogen-bond acceptors (Lipinski definition) is 5. The molecule has 7 nitrogen and oxygen atoms in total. The molecule has 1 aliphatic rings. The average molecular weight is 383 g/mol. The Kier molecular flexibility index (Phi) is 6.38. The number of nitro groups is 1. The molecule has 0 aliphatic carbocycles. The number of amides is 1. The highest BCUT2D eigenvalue weighted by Gasteiger charge is 2.28. The number of carbonyl (C=O) groups excluding carboxylic acids is 1. The molecule has 1 fully saturated rings. The highest BCUT2D eigenvalue weighted by molar-refractivity contribution is 5.79. The molecule has 1 unspecified atom stereocenters. The normalized spacial score (nSPS) is 18.0. The van der Waals surface area contributed by atoms with Crippen LogP contribution in [0.1, 0.15) is 23.6 Å². The van der Waals surface area contributed by atoms with Crippen molar-refractivity contribution in [1.82, 2.24) is 9.80 Å². The van der Waals surface area contributed by atoms with E-state index >= 15 is 0 Å². The van der Waals surface area contributed by atoms with E-state index < -0.39 is 4.92 Å². The molecule has 1 amide bonds. The maximum atomic E-state index is 12.9. The van der Waals surface area contributed by atoms with Crippen LogP contribution in [0.2, 0.25) is 0 Å². The number of likely N-dealkylation sites (N-methyl/N-ethyl adjacent to an activating group) is 1. The maximum Gasteiger partial charge on any atom is 0.269 e. The van der Waals surface area contributed by atoms with E-state index in [9.17, 15) is 20.0 Å². The van der Waals surface area contributed by atoms with E-state index in [-0.39, 0.29) is 30.2 Å². The Morgan fingerprint density at radius 1 is 1.29 bits per heavy atom. The molecule has 148 valence electrons. The van der Waals surface area contributed by atoms with Gasteiger partial charge in [0, 0.05) is 38.8 Å². The standard InChI is InChI=1S/C21H25N3O4/c1-22(21(26)13-16-6-5-9-18(12-16)24(27)28)20(17-7-3-2-4-8-17)15-23-11-10-19(25)14-23/h2-9,12,19-20,25H,10-11,13-15H2,1H3/t19-,20?/m0/s1. The number of hydrogen-bond donors (Lipinski definition) is 1. The summed E-state index contributed by atoms with van der Waals surface area (Å²) >= 11 is 0. The molecular weight excluding hydrogens is 358 g/mol. The molecule has 2 atom stereocenters. The van der Waals surface area contributed by atoms with Crippen LogP contribution in [0.4, 0.5) is 5.69 Å². The number of nitro benzene ring substituents is 1. The smallest absolute Gasteiger partial charge is 0.269 e. The minimum atomic E-state index is -0.455. The number of likely N-dealkylation sites (tertiary alicyclic amines) is 1. The third-order valence-corrected chi connectivity index (χ3v) is 5.20. The quantitative estimate of drug-likeness (QED) is 0.586. The molecule has 3 rings (SSSR count). The van der Waals surface area contributed by atoms with E-state index in [1.165, 1.54) is 12.1 Å². The summed E-state index contributed by atoms with van der Waals surface area (Å²) in [4.78, 5) is 27.3. The number of aliphatic hydroxyl groups excluding tert-OH is 1. The lowest BCUT2D eigenvalue weighted by molar-refractivity contribution is -0.384. The van der Waals surface area contributed by atoms with Gasteiger partial charge in [0.1, 0.15) is 0 Å². The van der Waals surface area contributed by atoms with Crippen LogP contribution in [0.5, 0.6) is 0 Å². The molecule has 1 N–H and O–H groups in total. The maximum absolute atomic E-state index is 12.9. The van der Waals surface area contributed by atoms with Crippen molar-refractivity contribution in [3.63, 3.8) is 0 Å². The lowest BCUT2D eigenvalue weighted by Crippen LogP contribution is -2.39. The van der Waals surface area contributed by atoms with Gasteiger partial charge in [-0.15, -0.1) is 0 Å². The van der Waals surface area contributed by atoms with E-state index in [1.54, 1.807) is 24.1 Å². The monoisotopic (exact) mass is 383 g/mol. The van der Waals surface area contributed by atoms with Crippen LogP contribution in [0.3, 0.4) is 0 Å². The summed E-state index contributed by atoms with van der Waals surface area (Å²) in [5.74, 6) is -0.103. The van der Waals surface area contributed by atoms with Crippen LogP contribution >= 0.6 is 0 Å². The van der Waals surface area contributed by atoms with Crippen molar-refractivity contribution in [2.45, 2.75) is 25.0 Å². The van der Waals surface area contributed by atoms with E-state index in [0.29, 0.717) is 18.7 Å². The fourth-order valence-electron chi connectivity index (χ4n) is 3.60. The second-order valence-corrected chi connectivity index (χ2v) is 7.24. The van der Waals surface area contributed by atoms with Gasteiger partial charge < -0.3 is 10.0 Å². The van der Waals surface area contributed by atoms with Gasteiger partial charge in [-0.25, -0.2) is 0 Å². The van der Waals surface area contributed by atoms with Gasteiger partial charge in [-0.1, -0.05) is 42.5 Å². The van der Waals surface area contributed by atoms with Crippen LogP contribution in [-0.2, 0) is 11.2 Å². The van der Waals surface area contributed by atoms with Crippen molar-refractivity contribution in [3.8, 4) is 0 Å². The summed E-state index contributed by atoms with van der Waals surface area (Å²) in [6.07, 6.45) is 0.527. The molecular formula is C21H25N3O4. The highest BCUT2D eigenvalue weighted by atomic mass is 16.6. The Bertz CT molecular complexity index is 827. The second-order valence-electron chi connectivity index (χ2n) is 7.24. The van der Waals surface area contributed by atoms with Gasteiger partial charge in [0.05, 0.1) is 23.5 Å². The van der Waals surface area contributed by atoms with Gasteiger partial charge in [-0.2, -0.15) is 0 Å². The van der Waals surface area contributed by atoms with E-state index in [2.05, 4.69) is 4.90 Å². The summed E-state index contributed by atoms with van der Waals surface area (Å²) in [6.45, 7) is 2.05. The van der Waals surface area contributed by atoms with Crippen molar-refractivity contribution >= 4 is 11.6 Å². The molecule has 7 heteroatoms. The molecule has 0 spiro atoms. The zero-order valence-electron chi connectivity index (χ0n) is 15.9. The van der Waals surface area contributed by atoms with E-state index in [4.69, 9.17) is 0 Å². The summed E-state index contributed by atoms with van der Waals surface area (Å²) in [5, 5.41) is 20.8. The number of rotatable bonds is 7. The molecule has 0 radical (unpaired) electrons. The summed E-state index contributed by atoms with van der Waals surface area (Å²) in [5.41, 5.74) is 1.63. The van der Waals surface area contributed by atoms with Crippen LogP contribution in [0.15, 0.2) is 54.6 Å². The predicted octanol–water partition coefficient (Wildman–Crippen LogP) is 2.40. The lowest BCUT2D eigenvalue weighted by Gasteiger charge is -2.32. The Labute approximate surface area is 164 Å². The van der Waals surface area contributed by atoms with Gasteiger partial charge in [0.15, 0.2) is 0 Å². The third kappa shape index (κ3) is 4.94. The van der Waals surface area contributed by atoms with Crippen LogP contribution in [0.25, 0.3) is 0 Å². The number of benzene rings is 2.